The van der Waals surface area contributed by atoms with E-state index in [0.29, 0.717) is 0 Å². The molecule has 0 saturated heterocycles. The van der Waals surface area contributed by atoms with Crippen LogP contribution < -0.4 is 0 Å². The summed E-state index contributed by atoms with van der Waals surface area (Å²) in [7, 11) is -1.51. The van der Waals surface area contributed by atoms with Crippen molar-refractivity contribution in [1.29, 1.82) is 0 Å². The lowest BCUT2D eigenvalue weighted by molar-refractivity contribution is -0.204. The van der Waals surface area contributed by atoms with Gasteiger partial charge in [0.15, 0.2) is 0 Å². The minimum absolute atomic E-state index is 0.240. The van der Waals surface area contributed by atoms with E-state index in [-0.39, 0.29) is 6.61 Å². The van der Waals surface area contributed by atoms with Gasteiger partial charge in [0.2, 0.25) is 8.32 Å². The van der Waals surface area contributed by atoms with Crippen LogP contribution >= 0.6 is 0 Å². The summed E-state index contributed by atoms with van der Waals surface area (Å²) in [6, 6.07) is 0. The molecule has 0 aromatic heterocycles. The molecule has 0 aliphatic carbocycles. The zero-order valence-electron chi connectivity index (χ0n) is 6.10. The minimum Gasteiger partial charge on any atom is -0.286 e. The van der Waals surface area contributed by atoms with Gasteiger partial charge in [-0.2, -0.15) is 0 Å². The second-order valence-corrected chi connectivity index (χ2v) is 7.05. The molecule has 0 bridgehead atoms. The molecule has 2 nitrogen and oxygen atoms in total. The van der Waals surface area contributed by atoms with Gasteiger partial charge < -0.3 is 0 Å². The van der Waals surface area contributed by atoms with E-state index in [2.05, 4.69) is 10.8 Å². The van der Waals surface area contributed by atoms with E-state index in [1.54, 1.807) is 0 Å². The highest BCUT2D eigenvalue weighted by Gasteiger charge is 2.15. The fourth-order valence-corrected chi connectivity index (χ4v) is 0.653. The van der Waals surface area contributed by atoms with Crippen molar-refractivity contribution < 1.29 is 9.46 Å². The van der Waals surface area contributed by atoms with Gasteiger partial charge in [-0.1, -0.05) is 5.92 Å². The van der Waals surface area contributed by atoms with Gasteiger partial charge >= 0.3 is 0 Å². The molecule has 0 radical (unpaired) electrons. The Morgan fingerprint density at radius 1 is 1.44 bits per heavy atom. The Morgan fingerprint density at radius 2 is 2.00 bits per heavy atom. The molecule has 0 spiro atoms. The molecule has 52 valence electrons. The molecule has 0 rings (SSSR count). The van der Waals surface area contributed by atoms with Crippen LogP contribution in [0.1, 0.15) is 0 Å². The van der Waals surface area contributed by atoms with Crippen LogP contribution in [0.4, 0.5) is 0 Å². The highest BCUT2D eigenvalue weighted by atomic mass is 28.4. The molecule has 0 atom stereocenters. The Labute approximate surface area is 57.2 Å². The average Bonchev–Trinajstić information content (AvgIpc) is 1.63. The second-order valence-electron chi connectivity index (χ2n) is 2.66. The Bertz CT molecular complexity index is 109. The largest absolute Gasteiger partial charge is 0.286 e. The molecule has 0 aliphatic heterocycles. The van der Waals surface area contributed by atoms with Crippen molar-refractivity contribution in [2.24, 2.45) is 0 Å². The first kappa shape index (κ1) is 8.70. The zero-order valence-corrected chi connectivity index (χ0v) is 7.10. The first-order valence-corrected chi connectivity index (χ1v) is 6.21. The maximum absolute atomic E-state index is 4.97. The van der Waals surface area contributed by atoms with E-state index in [4.69, 9.17) is 11.0 Å². The van der Waals surface area contributed by atoms with E-state index >= 15 is 0 Å². The van der Waals surface area contributed by atoms with E-state index in [1.165, 1.54) is 0 Å². The van der Waals surface area contributed by atoms with Crippen LogP contribution in [0.2, 0.25) is 19.6 Å². The maximum Gasteiger partial charge on any atom is 0.230 e. The summed E-state index contributed by atoms with van der Waals surface area (Å²) in [5, 5.41) is 0. The van der Waals surface area contributed by atoms with E-state index in [0.717, 1.165) is 0 Å². The third kappa shape index (κ3) is 7.70. The van der Waals surface area contributed by atoms with Crippen LogP contribution in [0.15, 0.2) is 0 Å². The van der Waals surface area contributed by atoms with Crippen molar-refractivity contribution in [2.45, 2.75) is 19.6 Å². The number of hydrogen-bond donors (Lipinski definition) is 0. The van der Waals surface area contributed by atoms with Gasteiger partial charge in [-0.3, -0.25) is 4.58 Å². The Balaban J connectivity index is 3.20. The van der Waals surface area contributed by atoms with Crippen LogP contribution in [0.5, 0.6) is 0 Å². The van der Waals surface area contributed by atoms with Gasteiger partial charge in [0.25, 0.3) is 0 Å². The lowest BCUT2D eigenvalue weighted by atomic mass is 10.8. The maximum atomic E-state index is 4.97. The summed E-state index contributed by atoms with van der Waals surface area (Å²) in [5.74, 6) is 2.32. The van der Waals surface area contributed by atoms with Crippen LogP contribution in [0.3, 0.4) is 0 Å². The van der Waals surface area contributed by atoms with E-state index < -0.39 is 8.32 Å². The van der Waals surface area contributed by atoms with Gasteiger partial charge in [-0.25, -0.2) is 4.89 Å². The Hall–Kier alpha value is -0.303. The van der Waals surface area contributed by atoms with Gasteiger partial charge in [-0.05, 0) is 19.6 Å². The standard InChI is InChI=1S/C6H12O2Si/c1-5-6-7-8-9(2,3)4/h1H,6H2,2-4H3. The topological polar surface area (TPSA) is 18.5 Å². The van der Waals surface area contributed by atoms with Gasteiger partial charge in [0.05, 0.1) is 0 Å². The average molecular weight is 144 g/mol. The molecular weight excluding hydrogens is 132 g/mol. The molecule has 0 heterocycles. The summed E-state index contributed by atoms with van der Waals surface area (Å²) in [5.41, 5.74) is 0. The Morgan fingerprint density at radius 3 is 2.33 bits per heavy atom. The molecule has 9 heavy (non-hydrogen) atoms. The second kappa shape index (κ2) is 3.67. The molecule has 0 aromatic carbocycles. The van der Waals surface area contributed by atoms with Crippen molar-refractivity contribution in [3.8, 4) is 12.3 Å². The highest BCUT2D eigenvalue weighted by molar-refractivity contribution is 6.69. The van der Waals surface area contributed by atoms with Crippen LogP contribution in [0, 0.1) is 12.3 Å². The summed E-state index contributed by atoms with van der Waals surface area (Å²) in [4.78, 5) is 4.67. The lowest BCUT2D eigenvalue weighted by Crippen LogP contribution is -2.25. The van der Waals surface area contributed by atoms with Gasteiger partial charge in [0, 0.05) is 0 Å². The monoisotopic (exact) mass is 144 g/mol. The summed E-state index contributed by atoms with van der Waals surface area (Å²) in [6.07, 6.45) is 4.92. The SMILES string of the molecule is C#CCOO[Si](C)(C)C. The quantitative estimate of drug-likeness (QED) is 0.196. The summed E-state index contributed by atoms with van der Waals surface area (Å²) >= 11 is 0. The molecule has 3 heteroatoms. The van der Waals surface area contributed by atoms with Crippen molar-refractivity contribution in [3.63, 3.8) is 0 Å². The van der Waals surface area contributed by atoms with Crippen molar-refractivity contribution in [3.05, 3.63) is 0 Å². The molecular formula is C6H12O2Si. The molecule has 0 aliphatic rings. The number of rotatable bonds is 3. The smallest absolute Gasteiger partial charge is 0.230 e. The zero-order chi connectivity index (χ0) is 7.33. The van der Waals surface area contributed by atoms with E-state index in [1.807, 2.05) is 19.6 Å². The van der Waals surface area contributed by atoms with Crippen molar-refractivity contribution in [1.82, 2.24) is 0 Å². The minimum atomic E-state index is -1.51. The molecule has 0 fully saturated rings. The lowest BCUT2D eigenvalue weighted by Gasteiger charge is -2.13. The predicted octanol–water partition coefficient (Wildman–Crippen LogP) is 1.40. The summed E-state index contributed by atoms with van der Waals surface area (Å²) in [6.45, 7) is 6.33. The third-order valence-electron chi connectivity index (χ3n) is 0.451. The van der Waals surface area contributed by atoms with Crippen LogP contribution in [-0.4, -0.2) is 14.9 Å². The van der Waals surface area contributed by atoms with Gasteiger partial charge in [0.1, 0.15) is 6.61 Å². The molecule has 0 N–H and O–H groups in total. The molecule has 0 amide bonds. The van der Waals surface area contributed by atoms with E-state index in [9.17, 15) is 0 Å². The first-order valence-electron chi connectivity index (χ1n) is 2.80. The van der Waals surface area contributed by atoms with Crippen molar-refractivity contribution in [2.75, 3.05) is 6.61 Å². The molecule has 0 aromatic rings. The first-order chi connectivity index (χ1) is 4.06. The highest BCUT2D eigenvalue weighted by Crippen LogP contribution is 2.01. The number of terminal acetylenes is 1. The van der Waals surface area contributed by atoms with Crippen molar-refractivity contribution >= 4 is 8.32 Å². The molecule has 0 saturated carbocycles. The fourth-order valence-electron chi connectivity index (χ4n) is 0.240. The van der Waals surface area contributed by atoms with Gasteiger partial charge in [-0.15, -0.1) is 6.42 Å². The third-order valence-corrected chi connectivity index (χ3v) is 1.07. The fraction of sp³-hybridized carbons (Fsp3) is 0.667. The number of hydrogen-bond acceptors (Lipinski definition) is 2. The predicted molar refractivity (Wildman–Crippen MR) is 39.2 cm³/mol. The summed E-state index contributed by atoms with van der Waals surface area (Å²) < 4.78 is 4.97. The Kier molecular flexibility index (Phi) is 3.55. The van der Waals surface area contributed by atoms with Crippen LogP contribution in [-0.2, 0) is 9.46 Å². The normalized spacial score (nSPS) is 10.9. The van der Waals surface area contributed by atoms with Crippen LogP contribution in [0.25, 0.3) is 0 Å². The molecule has 0 unspecified atom stereocenters.